The Balaban J connectivity index is 2.62. The van der Waals surface area contributed by atoms with Gasteiger partial charge in [0.25, 0.3) is 0 Å². The molecule has 1 aromatic carbocycles. The van der Waals surface area contributed by atoms with Crippen LogP contribution in [-0.4, -0.2) is 43.1 Å². The average molecular weight is 387 g/mol. The van der Waals surface area contributed by atoms with Gasteiger partial charge in [-0.1, -0.05) is 25.1 Å². The summed E-state index contributed by atoms with van der Waals surface area (Å²) < 4.78 is 83.2. The molecule has 0 fully saturated rings. The summed E-state index contributed by atoms with van der Waals surface area (Å²) in [4.78, 5) is 22.8. The molecule has 146 valence electrons. The Morgan fingerprint density at radius 3 is 1.88 bits per heavy atom. The van der Waals surface area contributed by atoms with Crippen molar-refractivity contribution in [2.75, 3.05) is 13.2 Å². The summed E-state index contributed by atoms with van der Waals surface area (Å²) in [6.45, 7) is -0.193. The van der Waals surface area contributed by atoms with Crippen LogP contribution < -0.4 is 5.11 Å². The minimum Gasteiger partial charge on any atom is -0.828 e. The molecule has 1 aromatic rings. The van der Waals surface area contributed by atoms with E-state index in [2.05, 4.69) is 4.74 Å². The lowest BCUT2D eigenvalue weighted by Crippen LogP contribution is -2.71. The number of alkyl halides is 6. The lowest BCUT2D eigenvalue weighted by atomic mass is 10.0. The largest absolute Gasteiger partial charge is 0.828 e. The maximum atomic E-state index is 12.4. The molecule has 0 saturated carbocycles. The zero-order valence-corrected chi connectivity index (χ0v) is 13.2. The summed E-state index contributed by atoms with van der Waals surface area (Å²) in [6, 6.07) is 7.57. The second-order valence-corrected chi connectivity index (χ2v) is 5.34. The molecule has 1 rings (SSSR count). The third-order valence-electron chi connectivity index (χ3n) is 3.09. The van der Waals surface area contributed by atoms with Crippen LogP contribution in [0, 0.1) is 5.92 Å². The molecule has 0 aliphatic rings. The van der Waals surface area contributed by atoms with Crippen LogP contribution in [0.25, 0.3) is 0 Å². The number of hydrogen-bond donors (Lipinski definition) is 0. The molecule has 0 spiro atoms. The van der Waals surface area contributed by atoms with Crippen molar-refractivity contribution in [1.29, 1.82) is 0 Å². The van der Waals surface area contributed by atoms with E-state index in [0.29, 0.717) is 0 Å². The van der Waals surface area contributed by atoms with Crippen LogP contribution in [0.3, 0.4) is 0 Å². The van der Waals surface area contributed by atoms with E-state index in [4.69, 9.17) is 4.74 Å². The third kappa shape index (κ3) is 4.87. The highest BCUT2D eigenvalue weighted by atomic mass is 19.4. The van der Waals surface area contributed by atoms with Crippen LogP contribution in [0.4, 0.5) is 26.3 Å². The summed E-state index contributed by atoms with van der Waals surface area (Å²) in [7, 11) is 0. The fourth-order valence-electron chi connectivity index (χ4n) is 1.64. The molecule has 0 aliphatic carbocycles. The molecule has 1 unspecified atom stereocenters. The highest BCUT2D eigenvalue weighted by Crippen LogP contribution is 2.41. The van der Waals surface area contributed by atoms with Crippen molar-refractivity contribution in [3.8, 4) is 0 Å². The first-order valence-corrected chi connectivity index (χ1v) is 7.04. The molecule has 0 aliphatic heterocycles. The van der Waals surface area contributed by atoms with Gasteiger partial charge in [0.15, 0.2) is 5.60 Å². The van der Waals surface area contributed by atoms with E-state index in [1.807, 2.05) is 0 Å². The van der Waals surface area contributed by atoms with E-state index in [1.165, 1.54) is 19.1 Å². The van der Waals surface area contributed by atoms with Crippen LogP contribution in [0.2, 0.25) is 0 Å². The van der Waals surface area contributed by atoms with Crippen molar-refractivity contribution < 1.29 is 50.5 Å². The number of ether oxygens (including phenoxy) is 2. The lowest BCUT2D eigenvalue weighted by Gasteiger charge is -2.40. The standard InChI is InChI=1S/C15H13F6O5/c1-9(7-25-11(22)10-5-3-2-4-6-10)8-26-12(23)13(24,14(16,17)18)15(19,20)21/h2-6,9H,7-8H2,1H3/q-1. The summed E-state index contributed by atoms with van der Waals surface area (Å²) >= 11 is 0. The Hall–Kier alpha value is -2.30. The highest BCUT2D eigenvalue weighted by Gasteiger charge is 2.68. The molecule has 5 nitrogen and oxygen atoms in total. The number of carbonyl (C=O) groups is 2. The second kappa shape index (κ2) is 7.94. The van der Waals surface area contributed by atoms with Gasteiger partial charge in [0.05, 0.1) is 18.8 Å². The summed E-state index contributed by atoms with van der Waals surface area (Å²) in [5, 5.41) is 11.1. The Kier molecular flexibility index (Phi) is 6.64. The molecule has 0 N–H and O–H groups in total. The fourth-order valence-corrected chi connectivity index (χ4v) is 1.64. The number of halogens is 6. The van der Waals surface area contributed by atoms with E-state index in [1.54, 1.807) is 18.2 Å². The van der Waals surface area contributed by atoms with Crippen molar-refractivity contribution in [3.63, 3.8) is 0 Å². The number of hydrogen-bond acceptors (Lipinski definition) is 5. The van der Waals surface area contributed by atoms with Gasteiger partial charge in [0.1, 0.15) is 0 Å². The molecular formula is C15H13F6O5-. The third-order valence-corrected chi connectivity index (χ3v) is 3.09. The molecule has 0 heterocycles. The lowest BCUT2D eigenvalue weighted by molar-refractivity contribution is -0.574. The Bertz CT molecular complexity index is 612. The van der Waals surface area contributed by atoms with Crippen LogP contribution in [-0.2, 0) is 14.3 Å². The Labute approximate surface area is 143 Å². The Morgan fingerprint density at radius 2 is 1.42 bits per heavy atom. The van der Waals surface area contributed by atoms with Gasteiger partial charge in [-0.05, 0) is 12.1 Å². The molecule has 0 radical (unpaired) electrons. The number of carbonyl (C=O) groups excluding carboxylic acids is 2. The summed E-state index contributed by atoms with van der Waals surface area (Å²) in [5.74, 6) is -4.75. The molecule has 11 heteroatoms. The van der Waals surface area contributed by atoms with Gasteiger partial charge in [-0.15, -0.1) is 0 Å². The maximum Gasteiger partial charge on any atom is 0.399 e. The van der Waals surface area contributed by atoms with Crippen LogP contribution in [0.15, 0.2) is 30.3 Å². The van der Waals surface area contributed by atoms with Crippen molar-refractivity contribution in [3.05, 3.63) is 35.9 Å². The van der Waals surface area contributed by atoms with Crippen LogP contribution >= 0.6 is 0 Å². The monoisotopic (exact) mass is 387 g/mol. The van der Waals surface area contributed by atoms with Crippen molar-refractivity contribution in [1.82, 2.24) is 0 Å². The zero-order chi connectivity index (χ0) is 20.2. The first kappa shape index (κ1) is 21.7. The Morgan fingerprint density at radius 1 is 0.962 bits per heavy atom. The van der Waals surface area contributed by atoms with Crippen molar-refractivity contribution >= 4 is 11.9 Å². The first-order valence-electron chi connectivity index (χ1n) is 7.04. The number of rotatable bonds is 6. The summed E-state index contributed by atoms with van der Waals surface area (Å²) in [5.41, 5.74) is -5.72. The second-order valence-electron chi connectivity index (χ2n) is 5.34. The predicted octanol–water partition coefficient (Wildman–Crippen LogP) is 2.25. The molecule has 0 bridgehead atoms. The molecule has 0 aromatic heterocycles. The van der Waals surface area contributed by atoms with E-state index in [0.717, 1.165) is 0 Å². The summed E-state index contributed by atoms with van der Waals surface area (Å²) in [6.07, 6.45) is -12.9. The van der Waals surface area contributed by atoms with E-state index in [9.17, 15) is 41.0 Å². The van der Waals surface area contributed by atoms with E-state index in [-0.39, 0.29) is 5.56 Å². The molecule has 0 amide bonds. The van der Waals surface area contributed by atoms with Gasteiger partial charge < -0.3 is 14.6 Å². The fraction of sp³-hybridized carbons (Fsp3) is 0.467. The highest BCUT2D eigenvalue weighted by molar-refractivity contribution is 5.89. The van der Waals surface area contributed by atoms with Gasteiger partial charge in [0.2, 0.25) is 0 Å². The van der Waals surface area contributed by atoms with E-state index >= 15 is 0 Å². The van der Waals surface area contributed by atoms with Crippen LogP contribution in [0.5, 0.6) is 0 Å². The topological polar surface area (TPSA) is 75.7 Å². The maximum absolute atomic E-state index is 12.4. The van der Waals surface area contributed by atoms with E-state index < -0.39 is 49.0 Å². The van der Waals surface area contributed by atoms with Gasteiger partial charge in [-0.2, -0.15) is 26.3 Å². The quantitative estimate of drug-likeness (QED) is 0.553. The molecule has 0 saturated heterocycles. The minimum absolute atomic E-state index is 0.171. The molecule has 1 atom stereocenters. The average Bonchev–Trinajstić information content (AvgIpc) is 2.55. The number of benzene rings is 1. The van der Waals surface area contributed by atoms with Crippen LogP contribution in [0.1, 0.15) is 17.3 Å². The molecule has 26 heavy (non-hydrogen) atoms. The van der Waals surface area contributed by atoms with Crippen molar-refractivity contribution in [2.24, 2.45) is 5.92 Å². The minimum atomic E-state index is -6.43. The van der Waals surface area contributed by atoms with Crippen molar-refractivity contribution in [2.45, 2.75) is 24.9 Å². The van der Waals surface area contributed by atoms with Gasteiger partial charge >= 0.3 is 24.3 Å². The zero-order valence-electron chi connectivity index (χ0n) is 13.2. The van der Waals surface area contributed by atoms with Gasteiger partial charge in [0, 0.05) is 5.92 Å². The smallest absolute Gasteiger partial charge is 0.399 e. The first-order chi connectivity index (χ1) is 11.8. The normalized spacial score (nSPS) is 13.8. The van der Waals surface area contributed by atoms with Gasteiger partial charge in [-0.25, -0.2) is 4.79 Å². The predicted molar refractivity (Wildman–Crippen MR) is 71.7 cm³/mol. The molecular weight excluding hydrogens is 374 g/mol. The van der Waals surface area contributed by atoms with Gasteiger partial charge in [-0.3, -0.25) is 4.79 Å². The number of esters is 2. The SMILES string of the molecule is CC(COC(=O)c1ccccc1)COC(=O)C([O-])(C(F)(F)F)C(F)(F)F.